The van der Waals surface area contributed by atoms with Crippen LogP contribution in [0.4, 0.5) is 0 Å². The Labute approximate surface area is 121 Å². The van der Waals surface area contributed by atoms with Crippen LogP contribution in [0.15, 0.2) is 35.7 Å². The summed E-state index contributed by atoms with van der Waals surface area (Å²) in [6, 6.07) is 10.7. The first-order valence-corrected chi connectivity index (χ1v) is 6.92. The van der Waals surface area contributed by atoms with Gasteiger partial charge in [-0.2, -0.15) is 5.26 Å². The standard InChI is InChI=1S/C15H14N2O2S/c1-10-5-3-4-6-11(10)12(9-16)17-15(18)14-13(19-2)7-8-20-14/h3-8,12H,1-2H3,(H,17,18)/t12-/m1/s1. The van der Waals surface area contributed by atoms with E-state index in [9.17, 15) is 10.1 Å². The minimum absolute atomic E-state index is 0.299. The van der Waals surface area contributed by atoms with Gasteiger partial charge >= 0.3 is 0 Å². The highest BCUT2D eigenvalue weighted by molar-refractivity contribution is 7.12. The van der Waals surface area contributed by atoms with Crippen molar-refractivity contribution in [2.24, 2.45) is 0 Å². The number of hydrogen-bond acceptors (Lipinski definition) is 4. The summed E-state index contributed by atoms with van der Waals surface area (Å²) in [7, 11) is 1.52. The van der Waals surface area contributed by atoms with Crippen LogP contribution in [0.3, 0.4) is 0 Å². The van der Waals surface area contributed by atoms with Gasteiger partial charge in [-0.05, 0) is 29.5 Å². The van der Waals surface area contributed by atoms with Crippen molar-refractivity contribution in [1.29, 1.82) is 5.26 Å². The maximum atomic E-state index is 12.2. The summed E-state index contributed by atoms with van der Waals surface area (Å²) in [5.41, 5.74) is 1.77. The molecule has 1 atom stereocenters. The first kappa shape index (κ1) is 14.1. The molecule has 0 bridgehead atoms. The number of nitrogens with zero attached hydrogens (tertiary/aromatic N) is 1. The van der Waals surface area contributed by atoms with Crippen LogP contribution < -0.4 is 10.1 Å². The Bertz CT molecular complexity index is 658. The lowest BCUT2D eigenvalue weighted by Crippen LogP contribution is -2.27. The third-order valence-corrected chi connectivity index (χ3v) is 3.85. The molecule has 0 fully saturated rings. The predicted octanol–water partition coefficient (Wildman–Crippen LogP) is 3.06. The molecular formula is C15H14N2O2S. The van der Waals surface area contributed by atoms with Crippen LogP contribution in [-0.4, -0.2) is 13.0 Å². The molecule has 0 saturated heterocycles. The molecule has 2 rings (SSSR count). The molecule has 2 aromatic rings. The zero-order valence-electron chi connectivity index (χ0n) is 11.2. The summed E-state index contributed by atoms with van der Waals surface area (Å²) in [6.45, 7) is 1.91. The number of carbonyl (C=O) groups excluding carboxylic acids is 1. The lowest BCUT2D eigenvalue weighted by atomic mass is 10.0. The maximum Gasteiger partial charge on any atom is 0.266 e. The summed E-state index contributed by atoms with van der Waals surface area (Å²) < 4.78 is 5.12. The van der Waals surface area contributed by atoms with Crippen molar-refractivity contribution in [1.82, 2.24) is 5.32 Å². The number of carbonyl (C=O) groups is 1. The lowest BCUT2D eigenvalue weighted by molar-refractivity contribution is 0.0946. The van der Waals surface area contributed by atoms with E-state index >= 15 is 0 Å². The minimum atomic E-state index is -0.671. The third kappa shape index (κ3) is 2.81. The second-order valence-corrected chi connectivity index (χ2v) is 5.13. The van der Waals surface area contributed by atoms with Crippen molar-refractivity contribution < 1.29 is 9.53 Å². The monoisotopic (exact) mass is 286 g/mol. The Balaban J connectivity index is 2.22. The van der Waals surface area contributed by atoms with Crippen molar-refractivity contribution in [2.75, 3.05) is 7.11 Å². The van der Waals surface area contributed by atoms with E-state index in [1.54, 1.807) is 11.4 Å². The van der Waals surface area contributed by atoms with E-state index in [0.29, 0.717) is 10.6 Å². The van der Waals surface area contributed by atoms with Gasteiger partial charge in [0.2, 0.25) is 0 Å². The molecule has 0 aliphatic carbocycles. The van der Waals surface area contributed by atoms with Crippen LogP contribution in [0.25, 0.3) is 0 Å². The molecule has 1 amide bonds. The summed E-state index contributed by atoms with van der Waals surface area (Å²) in [6.07, 6.45) is 0. The number of methoxy groups -OCH3 is 1. The molecule has 0 aliphatic heterocycles. The van der Waals surface area contributed by atoms with E-state index in [4.69, 9.17) is 4.74 Å². The van der Waals surface area contributed by atoms with Gasteiger partial charge in [0.05, 0.1) is 13.2 Å². The molecule has 0 unspecified atom stereocenters. The fraction of sp³-hybridized carbons (Fsp3) is 0.200. The molecule has 4 nitrogen and oxygen atoms in total. The largest absolute Gasteiger partial charge is 0.495 e. The molecule has 0 saturated carbocycles. The number of nitriles is 1. The Morgan fingerprint density at radius 2 is 2.15 bits per heavy atom. The molecule has 0 aliphatic rings. The third-order valence-electron chi connectivity index (χ3n) is 2.96. The molecule has 1 aromatic carbocycles. The SMILES string of the molecule is COc1ccsc1C(=O)N[C@H](C#N)c1ccccc1C. The summed E-state index contributed by atoms with van der Waals surface area (Å²) in [4.78, 5) is 12.7. The van der Waals surface area contributed by atoms with E-state index < -0.39 is 6.04 Å². The van der Waals surface area contributed by atoms with Crippen LogP contribution in [0.5, 0.6) is 5.75 Å². The molecule has 0 spiro atoms. The number of amides is 1. The number of aryl methyl sites for hydroxylation is 1. The van der Waals surface area contributed by atoms with E-state index in [0.717, 1.165) is 11.1 Å². The van der Waals surface area contributed by atoms with Gasteiger partial charge in [0.25, 0.3) is 5.91 Å². The molecule has 1 N–H and O–H groups in total. The Kier molecular flexibility index (Phi) is 4.38. The predicted molar refractivity (Wildman–Crippen MR) is 77.9 cm³/mol. The molecule has 102 valence electrons. The fourth-order valence-electron chi connectivity index (χ4n) is 1.91. The zero-order valence-corrected chi connectivity index (χ0v) is 12.0. The van der Waals surface area contributed by atoms with Crippen LogP contribution in [0.2, 0.25) is 0 Å². The average Bonchev–Trinajstić information content (AvgIpc) is 2.94. The van der Waals surface area contributed by atoms with Gasteiger partial charge in [-0.15, -0.1) is 11.3 Å². The number of benzene rings is 1. The molecule has 5 heteroatoms. The van der Waals surface area contributed by atoms with Crippen molar-refractivity contribution >= 4 is 17.2 Å². The molecular weight excluding hydrogens is 272 g/mol. The van der Waals surface area contributed by atoms with Gasteiger partial charge in [-0.1, -0.05) is 24.3 Å². The quantitative estimate of drug-likeness (QED) is 0.939. The maximum absolute atomic E-state index is 12.2. The van der Waals surface area contributed by atoms with Gasteiger partial charge < -0.3 is 10.1 Å². The van der Waals surface area contributed by atoms with E-state index in [2.05, 4.69) is 11.4 Å². The number of rotatable bonds is 4. The zero-order chi connectivity index (χ0) is 14.5. The van der Waals surface area contributed by atoms with Crippen LogP contribution in [0.1, 0.15) is 26.8 Å². The van der Waals surface area contributed by atoms with Gasteiger partial charge in [0.1, 0.15) is 16.7 Å². The highest BCUT2D eigenvalue weighted by atomic mass is 32.1. The summed E-state index contributed by atoms with van der Waals surface area (Å²) in [5, 5.41) is 13.8. The van der Waals surface area contributed by atoms with Gasteiger partial charge in [-0.25, -0.2) is 0 Å². The number of thiophene rings is 1. The molecule has 1 heterocycles. The normalized spacial score (nSPS) is 11.4. The summed E-state index contributed by atoms with van der Waals surface area (Å²) >= 11 is 1.29. The van der Waals surface area contributed by atoms with E-state index in [-0.39, 0.29) is 5.91 Å². The molecule has 1 aromatic heterocycles. The Morgan fingerprint density at radius 3 is 2.80 bits per heavy atom. The van der Waals surface area contributed by atoms with Crippen molar-refractivity contribution in [3.05, 3.63) is 51.7 Å². The number of ether oxygens (including phenoxy) is 1. The lowest BCUT2D eigenvalue weighted by Gasteiger charge is -2.14. The van der Waals surface area contributed by atoms with Crippen LogP contribution in [-0.2, 0) is 0 Å². The van der Waals surface area contributed by atoms with Crippen LogP contribution >= 0.6 is 11.3 Å². The topological polar surface area (TPSA) is 62.1 Å². The van der Waals surface area contributed by atoms with Crippen molar-refractivity contribution in [3.63, 3.8) is 0 Å². The smallest absolute Gasteiger partial charge is 0.266 e. The Morgan fingerprint density at radius 1 is 1.40 bits per heavy atom. The number of nitrogens with one attached hydrogen (secondary N) is 1. The van der Waals surface area contributed by atoms with Gasteiger partial charge in [0, 0.05) is 0 Å². The van der Waals surface area contributed by atoms with Crippen LogP contribution in [0, 0.1) is 18.3 Å². The van der Waals surface area contributed by atoms with E-state index in [1.807, 2.05) is 31.2 Å². The molecule has 0 radical (unpaired) electrons. The molecule has 20 heavy (non-hydrogen) atoms. The Hall–Kier alpha value is -2.32. The van der Waals surface area contributed by atoms with E-state index in [1.165, 1.54) is 18.4 Å². The second kappa shape index (κ2) is 6.22. The fourth-order valence-corrected chi connectivity index (χ4v) is 2.67. The minimum Gasteiger partial charge on any atom is -0.495 e. The number of hydrogen-bond donors (Lipinski definition) is 1. The second-order valence-electron chi connectivity index (χ2n) is 4.21. The van der Waals surface area contributed by atoms with Crippen molar-refractivity contribution in [2.45, 2.75) is 13.0 Å². The first-order valence-electron chi connectivity index (χ1n) is 6.05. The van der Waals surface area contributed by atoms with Gasteiger partial charge in [-0.3, -0.25) is 4.79 Å². The highest BCUT2D eigenvalue weighted by Gasteiger charge is 2.20. The average molecular weight is 286 g/mol. The first-order chi connectivity index (χ1) is 9.67. The highest BCUT2D eigenvalue weighted by Crippen LogP contribution is 2.25. The van der Waals surface area contributed by atoms with Crippen molar-refractivity contribution in [3.8, 4) is 11.8 Å². The van der Waals surface area contributed by atoms with Gasteiger partial charge in [0.15, 0.2) is 0 Å². The summed E-state index contributed by atoms with van der Waals surface area (Å²) in [5.74, 6) is 0.223.